The van der Waals surface area contributed by atoms with Gasteiger partial charge in [0.2, 0.25) is 5.91 Å². The Morgan fingerprint density at radius 1 is 1.30 bits per heavy atom. The average molecular weight is 330 g/mol. The van der Waals surface area contributed by atoms with Crippen LogP contribution in [-0.4, -0.2) is 19.6 Å². The summed E-state index contributed by atoms with van der Waals surface area (Å²) in [5, 5.41) is 15.3. The highest BCUT2D eigenvalue weighted by atomic mass is 35.5. The third kappa shape index (κ3) is 4.63. The molecule has 23 heavy (non-hydrogen) atoms. The number of para-hydroxylation sites is 1. The molecule has 2 rings (SSSR count). The van der Waals surface area contributed by atoms with Crippen LogP contribution < -0.4 is 15.4 Å². The second-order valence-corrected chi connectivity index (χ2v) is 5.14. The van der Waals surface area contributed by atoms with Crippen LogP contribution in [0.15, 0.2) is 42.5 Å². The van der Waals surface area contributed by atoms with E-state index in [1.807, 2.05) is 6.07 Å². The van der Waals surface area contributed by atoms with Crippen molar-refractivity contribution in [3.63, 3.8) is 0 Å². The number of hydrogen-bond donors (Lipinski definition) is 2. The highest BCUT2D eigenvalue weighted by Gasteiger charge is 2.06. The molecule has 0 saturated heterocycles. The molecule has 118 valence electrons. The van der Waals surface area contributed by atoms with Gasteiger partial charge in [-0.2, -0.15) is 5.26 Å². The van der Waals surface area contributed by atoms with Gasteiger partial charge in [-0.05, 0) is 30.3 Å². The van der Waals surface area contributed by atoms with E-state index in [4.69, 9.17) is 21.6 Å². The number of nitrogens with zero attached hydrogens (tertiary/aromatic N) is 1. The number of methoxy groups -OCH3 is 1. The molecule has 0 fully saturated rings. The lowest BCUT2D eigenvalue weighted by Gasteiger charge is -2.10. The quantitative estimate of drug-likeness (QED) is 0.848. The van der Waals surface area contributed by atoms with E-state index in [0.29, 0.717) is 28.6 Å². The molecule has 6 heteroatoms. The number of nitrogens with one attached hydrogen (secondary N) is 2. The van der Waals surface area contributed by atoms with E-state index in [2.05, 4.69) is 16.7 Å². The number of carbonyl (C=O) groups is 1. The SMILES string of the molecule is COc1ccc(NC(=O)CCNc2ccccc2C#N)cc1Cl. The van der Waals surface area contributed by atoms with Gasteiger partial charge in [0, 0.05) is 18.7 Å². The van der Waals surface area contributed by atoms with E-state index in [1.54, 1.807) is 36.4 Å². The van der Waals surface area contributed by atoms with Crippen molar-refractivity contribution in [1.82, 2.24) is 0 Å². The highest BCUT2D eigenvalue weighted by molar-refractivity contribution is 6.32. The van der Waals surface area contributed by atoms with Gasteiger partial charge in [-0.15, -0.1) is 0 Å². The van der Waals surface area contributed by atoms with Crippen molar-refractivity contribution < 1.29 is 9.53 Å². The van der Waals surface area contributed by atoms with Crippen LogP contribution in [0.4, 0.5) is 11.4 Å². The first-order valence-electron chi connectivity index (χ1n) is 7.00. The molecule has 0 spiro atoms. The molecule has 0 atom stereocenters. The molecule has 2 aromatic carbocycles. The summed E-state index contributed by atoms with van der Waals surface area (Å²) >= 11 is 6.01. The predicted molar refractivity (Wildman–Crippen MR) is 90.9 cm³/mol. The zero-order valence-corrected chi connectivity index (χ0v) is 13.4. The molecule has 0 aliphatic rings. The van der Waals surface area contributed by atoms with Gasteiger partial charge >= 0.3 is 0 Å². The Labute approximate surface area is 139 Å². The maximum absolute atomic E-state index is 11.9. The Bertz CT molecular complexity index is 741. The Morgan fingerprint density at radius 3 is 2.78 bits per heavy atom. The minimum atomic E-state index is -0.145. The van der Waals surface area contributed by atoms with E-state index in [-0.39, 0.29) is 12.3 Å². The molecule has 0 aliphatic carbocycles. The largest absolute Gasteiger partial charge is 0.495 e. The molecule has 1 amide bonds. The third-order valence-electron chi connectivity index (χ3n) is 3.15. The summed E-state index contributed by atoms with van der Waals surface area (Å²) in [5.41, 5.74) is 1.88. The minimum absolute atomic E-state index is 0.145. The fraction of sp³-hybridized carbons (Fsp3) is 0.176. The van der Waals surface area contributed by atoms with Crippen molar-refractivity contribution in [2.24, 2.45) is 0 Å². The van der Waals surface area contributed by atoms with Gasteiger partial charge in [0.25, 0.3) is 0 Å². The summed E-state index contributed by atoms with van der Waals surface area (Å²) in [6, 6.07) is 14.3. The molecule has 0 aliphatic heterocycles. The molecule has 0 heterocycles. The normalized spacial score (nSPS) is 9.78. The van der Waals surface area contributed by atoms with Gasteiger partial charge < -0.3 is 15.4 Å². The number of halogens is 1. The van der Waals surface area contributed by atoms with E-state index in [0.717, 1.165) is 5.69 Å². The Balaban J connectivity index is 1.86. The van der Waals surface area contributed by atoms with Gasteiger partial charge in [0.1, 0.15) is 11.8 Å². The van der Waals surface area contributed by atoms with Crippen LogP contribution in [0.2, 0.25) is 5.02 Å². The lowest BCUT2D eigenvalue weighted by atomic mass is 10.2. The number of anilines is 2. The first kappa shape index (κ1) is 16.7. The molecule has 2 aromatic rings. The summed E-state index contributed by atoms with van der Waals surface area (Å²) in [4.78, 5) is 11.9. The number of amides is 1. The lowest BCUT2D eigenvalue weighted by molar-refractivity contribution is -0.115. The van der Waals surface area contributed by atoms with Gasteiger partial charge in [-0.25, -0.2) is 0 Å². The van der Waals surface area contributed by atoms with Crippen molar-refractivity contribution in [2.45, 2.75) is 6.42 Å². The summed E-state index contributed by atoms with van der Waals surface area (Å²) in [5.74, 6) is 0.410. The molecule has 5 nitrogen and oxygen atoms in total. The lowest BCUT2D eigenvalue weighted by Crippen LogP contribution is -2.16. The predicted octanol–water partition coefficient (Wildman–Crippen LogP) is 3.66. The maximum atomic E-state index is 11.9. The van der Waals surface area contributed by atoms with Crippen molar-refractivity contribution in [3.05, 3.63) is 53.1 Å². The zero-order chi connectivity index (χ0) is 16.7. The number of benzene rings is 2. The van der Waals surface area contributed by atoms with E-state index < -0.39 is 0 Å². The maximum Gasteiger partial charge on any atom is 0.226 e. The van der Waals surface area contributed by atoms with Crippen LogP contribution in [0, 0.1) is 11.3 Å². The first-order chi connectivity index (χ1) is 11.1. The Hall–Kier alpha value is -2.71. The van der Waals surface area contributed by atoms with E-state index in [1.165, 1.54) is 7.11 Å². The number of hydrogen-bond acceptors (Lipinski definition) is 4. The molecule has 0 unspecified atom stereocenters. The van der Waals surface area contributed by atoms with Gasteiger partial charge in [0.15, 0.2) is 0 Å². The van der Waals surface area contributed by atoms with Gasteiger partial charge in [-0.1, -0.05) is 23.7 Å². The van der Waals surface area contributed by atoms with Crippen LogP contribution in [0.5, 0.6) is 5.75 Å². The minimum Gasteiger partial charge on any atom is -0.495 e. The molecule has 2 N–H and O–H groups in total. The topological polar surface area (TPSA) is 74.2 Å². The van der Waals surface area contributed by atoms with Gasteiger partial charge in [-0.3, -0.25) is 4.79 Å². The number of rotatable bonds is 6. The summed E-state index contributed by atoms with van der Waals surface area (Å²) in [7, 11) is 1.53. The van der Waals surface area contributed by atoms with Crippen LogP contribution >= 0.6 is 11.6 Å². The third-order valence-corrected chi connectivity index (χ3v) is 3.45. The van der Waals surface area contributed by atoms with Gasteiger partial charge in [0.05, 0.1) is 23.4 Å². The van der Waals surface area contributed by atoms with Crippen LogP contribution in [0.25, 0.3) is 0 Å². The van der Waals surface area contributed by atoms with Crippen LogP contribution in [-0.2, 0) is 4.79 Å². The monoisotopic (exact) mass is 329 g/mol. The molecule has 0 bridgehead atoms. The Kier molecular flexibility index (Phi) is 5.84. The highest BCUT2D eigenvalue weighted by Crippen LogP contribution is 2.27. The first-order valence-corrected chi connectivity index (χ1v) is 7.38. The van der Waals surface area contributed by atoms with Crippen molar-refractivity contribution in [2.75, 3.05) is 24.3 Å². The fourth-order valence-corrected chi connectivity index (χ4v) is 2.27. The smallest absolute Gasteiger partial charge is 0.226 e. The van der Waals surface area contributed by atoms with Crippen molar-refractivity contribution in [3.8, 4) is 11.8 Å². The van der Waals surface area contributed by atoms with Crippen molar-refractivity contribution in [1.29, 1.82) is 5.26 Å². The molecular formula is C17H16ClN3O2. The van der Waals surface area contributed by atoms with Crippen LogP contribution in [0.1, 0.15) is 12.0 Å². The summed E-state index contributed by atoms with van der Waals surface area (Å²) in [6.45, 7) is 0.425. The number of carbonyl (C=O) groups excluding carboxylic acids is 1. The molecule has 0 saturated carbocycles. The second-order valence-electron chi connectivity index (χ2n) is 4.73. The fourth-order valence-electron chi connectivity index (χ4n) is 2.01. The van der Waals surface area contributed by atoms with Crippen LogP contribution in [0.3, 0.4) is 0 Å². The second kappa shape index (κ2) is 8.06. The van der Waals surface area contributed by atoms with E-state index >= 15 is 0 Å². The standard InChI is InChI=1S/C17H16ClN3O2/c1-23-16-7-6-13(10-14(16)18)21-17(22)8-9-20-15-5-3-2-4-12(15)11-19/h2-7,10,20H,8-9H2,1H3,(H,21,22). The Morgan fingerprint density at radius 2 is 2.09 bits per heavy atom. The van der Waals surface area contributed by atoms with E-state index in [9.17, 15) is 4.79 Å². The molecule has 0 radical (unpaired) electrons. The average Bonchev–Trinajstić information content (AvgIpc) is 2.55. The summed E-state index contributed by atoms with van der Waals surface area (Å²) in [6.07, 6.45) is 0.267. The number of ether oxygens (including phenoxy) is 1. The van der Waals surface area contributed by atoms with Crippen molar-refractivity contribution >= 4 is 28.9 Å². The number of nitriles is 1. The zero-order valence-electron chi connectivity index (χ0n) is 12.6. The summed E-state index contributed by atoms with van der Waals surface area (Å²) < 4.78 is 5.06. The molecule has 0 aromatic heterocycles. The molecular weight excluding hydrogens is 314 g/mol.